The van der Waals surface area contributed by atoms with Gasteiger partial charge >= 0.3 is 5.97 Å². The molecule has 1 atom stereocenters. The molecule has 1 amide bonds. The maximum Gasteiger partial charge on any atom is 0.325 e. The molecule has 0 aliphatic carbocycles. The van der Waals surface area contributed by atoms with Crippen LogP contribution in [0.25, 0.3) is 0 Å². The third kappa shape index (κ3) is 3.69. The predicted molar refractivity (Wildman–Crippen MR) is 71.2 cm³/mol. The molecule has 1 aliphatic heterocycles. The first kappa shape index (κ1) is 14.8. The van der Waals surface area contributed by atoms with Crippen LogP contribution in [0, 0.1) is 0 Å². The van der Waals surface area contributed by atoms with Crippen LogP contribution in [0.4, 0.5) is 0 Å². The molecule has 0 spiro atoms. The molecule has 0 aromatic carbocycles. The fraction of sp³-hybridized carbons (Fsp3) is 0.727. The van der Waals surface area contributed by atoms with E-state index in [1.807, 2.05) is 4.90 Å². The van der Waals surface area contributed by atoms with Gasteiger partial charge in [0.25, 0.3) is 0 Å². The maximum atomic E-state index is 12.1. The average molecular weight is 299 g/mol. The molecule has 1 aromatic heterocycles. The molecule has 1 N–H and O–H groups in total. The summed E-state index contributed by atoms with van der Waals surface area (Å²) in [6.07, 6.45) is 3.24. The van der Waals surface area contributed by atoms with Crippen LogP contribution in [0.2, 0.25) is 0 Å². The first-order valence-electron chi connectivity index (χ1n) is 6.48. The van der Waals surface area contributed by atoms with E-state index in [0.717, 1.165) is 25.8 Å². The van der Waals surface area contributed by atoms with Crippen LogP contribution >= 0.6 is 11.8 Å². The van der Waals surface area contributed by atoms with E-state index in [9.17, 15) is 9.59 Å². The summed E-state index contributed by atoms with van der Waals surface area (Å²) in [5, 5.41) is 19.8. The molecule has 110 valence electrons. The highest BCUT2D eigenvalue weighted by molar-refractivity contribution is 7.99. The van der Waals surface area contributed by atoms with Crippen molar-refractivity contribution in [2.45, 2.75) is 43.9 Å². The van der Waals surface area contributed by atoms with Gasteiger partial charge in [-0.2, -0.15) is 0 Å². The van der Waals surface area contributed by atoms with Crippen LogP contribution in [0.5, 0.6) is 0 Å². The molecule has 0 bridgehead atoms. The van der Waals surface area contributed by atoms with Crippen molar-refractivity contribution in [3.8, 4) is 0 Å². The van der Waals surface area contributed by atoms with E-state index in [2.05, 4.69) is 22.4 Å². The number of aromatic nitrogens is 4. The highest BCUT2D eigenvalue weighted by Crippen LogP contribution is 2.20. The molecule has 1 aliphatic rings. The van der Waals surface area contributed by atoms with E-state index in [4.69, 9.17) is 5.11 Å². The second kappa shape index (κ2) is 6.69. The number of hydrogen-bond donors (Lipinski definition) is 1. The third-order valence-corrected chi connectivity index (χ3v) is 4.17. The highest BCUT2D eigenvalue weighted by Gasteiger charge is 2.23. The minimum absolute atomic E-state index is 0.0482. The number of likely N-dealkylation sites (tertiary alicyclic amines) is 1. The number of aliphatic carboxylic acids is 1. The lowest BCUT2D eigenvalue weighted by molar-refractivity contribution is -0.138. The summed E-state index contributed by atoms with van der Waals surface area (Å²) in [6, 6.07) is 0.270. The standard InChI is InChI=1S/C11H17N5O3S/c1-8-4-2-3-5-15(8)9(17)7-20-11-12-13-14-16(11)6-10(18)19/h8H,2-7H2,1H3,(H,18,19). The zero-order valence-corrected chi connectivity index (χ0v) is 12.0. The molecule has 8 nitrogen and oxygen atoms in total. The smallest absolute Gasteiger partial charge is 0.325 e. The molecular weight excluding hydrogens is 282 g/mol. The van der Waals surface area contributed by atoms with Crippen molar-refractivity contribution in [2.24, 2.45) is 0 Å². The zero-order valence-electron chi connectivity index (χ0n) is 11.2. The van der Waals surface area contributed by atoms with Crippen LogP contribution in [0.15, 0.2) is 5.16 Å². The normalized spacial score (nSPS) is 19.1. The molecule has 1 saturated heterocycles. The maximum absolute atomic E-state index is 12.1. The van der Waals surface area contributed by atoms with Gasteiger partial charge in [-0.05, 0) is 36.6 Å². The fourth-order valence-electron chi connectivity index (χ4n) is 2.21. The summed E-state index contributed by atoms with van der Waals surface area (Å²) >= 11 is 1.17. The summed E-state index contributed by atoms with van der Waals surface area (Å²) in [6.45, 7) is 2.54. The van der Waals surface area contributed by atoms with Crippen molar-refractivity contribution in [3.05, 3.63) is 0 Å². The van der Waals surface area contributed by atoms with E-state index in [0.29, 0.717) is 5.16 Å². The molecule has 1 fully saturated rings. The molecule has 20 heavy (non-hydrogen) atoms. The SMILES string of the molecule is CC1CCCCN1C(=O)CSc1nnnn1CC(=O)O. The van der Waals surface area contributed by atoms with E-state index >= 15 is 0 Å². The number of carboxylic acids is 1. The Morgan fingerprint density at radius 2 is 2.25 bits per heavy atom. The van der Waals surface area contributed by atoms with Crippen molar-refractivity contribution < 1.29 is 14.7 Å². The molecule has 2 heterocycles. The number of thioether (sulfide) groups is 1. The lowest BCUT2D eigenvalue weighted by Gasteiger charge is -2.33. The number of carboxylic acid groups (broad SMARTS) is 1. The molecule has 2 rings (SSSR count). The van der Waals surface area contributed by atoms with Gasteiger partial charge in [-0.3, -0.25) is 9.59 Å². The first-order chi connectivity index (χ1) is 9.58. The summed E-state index contributed by atoms with van der Waals surface area (Å²) in [7, 11) is 0. The van der Waals surface area contributed by atoms with Gasteiger partial charge in [-0.25, -0.2) is 4.68 Å². The van der Waals surface area contributed by atoms with E-state index in [1.165, 1.54) is 16.4 Å². The molecule has 0 saturated carbocycles. The summed E-state index contributed by atoms with van der Waals surface area (Å²) in [5.41, 5.74) is 0. The van der Waals surface area contributed by atoms with Crippen LogP contribution in [0.1, 0.15) is 26.2 Å². The monoisotopic (exact) mass is 299 g/mol. The van der Waals surface area contributed by atoms with Crippen molar-refractivity contribution in [1.82, 2.24) is 25.1 Å². The van der Waals surface area contributed by atoms with Gasteiger partial charge in [0.1, 0.15) is 6.54 Å². The van der Waals surface area contributed by atoms with Gasteiger partial charge in [0.05, 0.1) is 5.75 Å². The van der Waals surface area contributed by atoms with Crippen LogP contribution in [-0.2, 0) is 16.1 Å². The van der Waals surface area contributed by atoms with Crippen LogP contribution in [-0.4, -0.2) is 60.4 Å². The number of carbonyl (C=O) groups is 2. The van der Waals surface area contributed by atoms with E-state index < -0.39 is 5.97 Å². The molecule has 0 radical (unpaired) electrons. The van der Waals surface area contributed by atoms with Crippen molar-refractivity contribution in [1.29, 1.82) is 0 Å². The largest absolute Gasteiger partial charge is 0.480 e. The second-order valence-electron chi connectivity index (χ2n) is 4.73. The fourth-order valence-corrected chi connectivity index (χ4v) is 2.97. The van der Waals surface area contributed by atoms with Crippen molar-refractivity contribution >= 4 is 23.6 Å². The predicted octanol–water partition coefficient (Wildman–Crippen LogP) is 0.251. The Hall–Kier alpha value is -1.64. The number of tetrazole rings is 1. The van der Waals surface area contributed by atoms with Gasteiger partial charge in [-0.1, -0.05) is 11.8 Å². The number of amides is 1. The third-order valence-electron chi connectivity index (χ3n) is 3.23. The topological polar surface area (TPSA) is 101 Å². The Bertz CT molecular complexity index is 492. The number of hydrogen-bond acceptors (Lipinski definition) is 6. The Kier molecular flexibility index (Phi) is 4.94. The summed E-state index contributed by atoms with van der Waals surface area (Å²) in [5.74, 6) is -0.744. The molecule has 1 unspecified atom stereocenters. The van der Waals surface area contributed by atoms with Gasteiger partial charge < -0.3 is 10.0 Å². The molecule has 9 heteroatoms. The minimum atomic E-state index is -1.02. The van der Waals surface area contributed by atoms with Gasteiger partial charge in [0.2, 0.25) is 11.1 Å². The van der Waals surface area contributed by atoms with Crippen molar-refractivity contribution in [3.63, 3.8) is 0 Å². The number of carbonyl (C=O) groups excluding carboxylic acids is 1. The Labute approximate surface area is 120 Å². The van der Waals surface area contributed by atoms with Gasteiger partial charge in [0.15, 0.2) is 0 Å². The number of piperidine rings is 1. The second-order valence-corrected chi connectivity index (χ2v) is 5.68. The lowest BCUT2D eigenvalue weighted by Crippen LogP contribution is -2.43. The molecule has 1 aromatic rings. The molecular formula is C11H17N5O3S. The average Bonchev–Trinajstić information content (AvgIpc) is 2.83. The quantitative estimate of drug-likeness (QED) is 0.778. The van der Waals surface area contributed by atoms with Crippen LogP contribution < -0.4 is 0 Å². The number of nitrogens with zero attached hydrogens (tertiary/aromatic N) is 5. The highest BCUT2D eigenvalue weighted by atomic mass is 32.2. The number of rotatable bonds is 5. The van der Waals surface area contributed by atoms with Gasteiger partial charge in [0, 0.05) is 12.6 Å². The minimum Gasteiger partial charge on any atom is -0.480 e. The first-order valence-corrected chi connectivity index (χ1v) is 7.46. The van der Waals surface area contributed by atoms with Gasteiger partial charge in [-0.15, -0.1) is 5.10 Å². The van der Waals surface area contributed by atoms with E-state index in [1.54, 1.807) is 0 Å². The Morgan fingerprint density at radius 1 is 1.45 bits per heavy atom. The lowest BCUT2D eigenvalue weighted by atomic mass is 10.0. The van der Waals surface area contributed by atoms with E-state index in [-0.39, 0.29) is 24.2 Å². The van der Waals surface area contributed by atoms with Crippen molar-refractivity contribution in [2.75, 3.05) is 12.3 Å². The zero-order chi connectivity index (χ0) is 14.5. The Morgan fingerprint density at radius 3 is 2.95 bits per heavy atom. The Balaban J connectivity index is 1.90. The summed E-state index contributed by atoms with van der Waals surface area (Å²) < 4.78 is 1.18. The van der Waals surface area contributed by atoms with Crippen LogP contribution in [0.3, 0.4) is 0 Å². The summed E-state index contributed by atoms with van der Waals surface area (Å²) in [4.78, 5) is 24.7.